The number of carbonyl (C=O) groups excluding carboxylic acids is 1. The molecule has 2 aromatic carbocycles. The maximum atomic E-state index is 13.3. The number of carbonyl (C=O) groups is 1. The molecule has 3 aromatic rings. The maximum absolute atomic E-state index is 13.3. The smallest absolute Gasteiger partial charge is 0.274 e. The minimum absolute atomic E-state index is 0.0941. The van der Waals surface area contributed by atoms with Gasteiger partial charge in [-0.3, -0.25) is 9.78 Å². The average Bonchev–Trinajstić information content (AvgIpc) is 2.71. The Bertz CT molecular complexity index is 1010. The minimum atomic E-state index is -1.05. The molecule has 0 aliphatic heterocycles. The highest BCUT2D eigenvalue weighted by atomic mass is 19.2. The molecule has 0 atom stereocenters. The maximum Gasteiger partial charge on any atom is 0.274 e. The molecule has 0 fully saturated rings. The fraction of sp³-hybridized carbons (Fsp3) is 0.100. The number of methoxy groups -OCH3 is 2. The van der Waals surface area contributed by atoms with Gasteiger partial charge in [-0.2, -0.15) is 0 Å². The quantitative estimate of drug-likeness (QED) is 0.659. The van der Waals surface area contributed by atoms with E-state index in [0.717, 1.165) is 12.1 Å². The van der Waals surface area contributed by atoms with E-state index in [-0.39, 0.29) is 11.4 Å². The third-order valence-corrected chi connectivity index (χ3v) is 3.86. The van der Waals surface area contributed by atoms with E-state index in [2.05, 4.69) is 15.6 Å². The molecule has 0 saturated heterocycles. The third kappa shape index (κ3) is 4.35. The van der Waals surface area contributed by atoms with Gasteiger partial charge in [-0.25, -0.2) is 8.78 Å². The molecule has 28 heavy (non-hydrogen) atoms. The Morgan fingerprint density at radius 3 is 2.46 bits per heavy atom. The van der Waals surface area contributed by atoms with Crippen LogP contribution in [0, 0.1) is 11.6 Å². The highest BCUT2D eigenvalue weighted by molar-refractivity contribution is 6.03. The van der Waals surface area contributed by atoms with Crippen LogP contribution in [0.15, 0.2) is 54.7 Å². The Kier molecular flexibility index (Phi) is 5.69. The Balaban J connectivity index is 1.80. The third-order valence-electron chi connectivity index (χ3n) is 3.86. The number of nitrogens with one attached hydrogen (secondary N) is 2. The van der Waals surface area contributed by atoms with Crippen LogP contribution in [0.25, 0.3) is 0 Å². The molecule has 0 unspecified atom stereocenters. The van der Waals surface area contributed by atoms with E-state index < -0.39 is 17.5 Å². The summed E-state index contributed by atoms with van der Waals surface area (Å²) in [5.41, 5.74) is 1.44. The summed E-state index contributed by atoms with van der Waals surface area (Å²) in [4.78, 5) is 16.4. The lowest BCUT2D eigenvalue weighted by molar-refractivity contribution is 0.102. The lowest BCUT2D eigenvalue weighted by Crippen LogP contribution is -2.14. The summed E-state index contributed by atoms with van der Waals surface area (Å²) in [6.45, 7) is 0. The predicted molar refractivity (Wildman–Crippen MR) is 101 cm³/mol. The van der Waals surface area contributed by atoms with Crippen LogP contribution in [0.5, 0.6) is 11.5 Å². The van der Waals surface area contributed by atoms with Crippen LogP contribution < -0.4 is 20.1 Å². The Labute approximate surface area is 160 Å². The number of halogens is 2. The van der Waals surface area contributed by atoms with Crippen LogP contribution in [0.2, 0.25) is 0 Å². The fourth-order valence-corrected chi connectivity index (χ4v) is 2.47. The molecule has 0 spiro atoms. The number of pyridine rings is 1. The average molecular weight is 385 g/mol. The molecular weight excluding hydrogens is 368 g/mol. The van der Waals surface area contributed by atoms with E-state index >= 15 is 0 Å². The molecule has 1 amide bonds. The number of hydrogen-bond donors (Lipinski definition) is 2. The first-order valence-electron chi connectivity index (χ1n) is 8.21. The van der Waals surface area contributed by atoms with E-state index in [0.29, 0.717) is 22.9 Å². The summed E-state index contributed by atoms with van der Waals surface area (Å²) in [6.07, 6.45) is 1.45. The second-order valence-electron chi connectivity index (χ2n) is 5.70. The molecule has 3 rings (SSSR count). The van der Waals surface area contributed by atoms with Crippen LogP contribution >= 0.6 is 0 Å². The zero-order chi connectivity index (χ0) is 20.1. The Morgan fingerprint density at radius 2 is 1.75 bits per heavy atom. The van der Waals surface area contributed by atoms with Gasteiger partial charge in [-0.05, 0) is 36.4 Å². The largest absolute Gasteiger partial charge is 0.497 e. The molecule has 0 aliphatic rings. The van der Waals surface area contributed by atoms with Crippen LogP contribution in [0.1, 0.15) is 10.5 Å². The van der Waals surface area contributed by atoms with Crippen molar-refractivity contribution >= 4 is 23.0 Å². The van der Waals surface area contributed by atoms with Gasteiger partial charge in [0, 0.05) is 29.7 Å². The van der Waals surface area contributed by atoms with Gasteiger partial charge >= 0.3 is 0 Å². The summed E-state index contributed by atoms with van der Waals surface area (Å²) in [5.74, 6) is -1.38. The van der Waals surface area contributed by atoms with Gasteiger partial charge in [-0.1, -0.05) is 0 Å². The molecule has 0 aliphatic carbocycles. The number of anilines is 3. The van der Waals surface area contributed by atoms with Crippen molar-refractivity contribution in [2.45, 2.75) is 0 Å². The van der Waals surface area contributed by atoms with Gasteiger partial charge in [0.1, 0.15) is 17.2 Å². The van der Waals surface area contributed by atoms with Crippen molar-refractivity contribution in [2.75, 3.05) is 24.9 Å². The Hall–Kier alpha value is -3.68. The molecule has 0 radical (unpaired) electrons. The standard InChI is InChI=1S/C20H17F2N3O3/c1-27-14-4-6-19(28-2)17(11-14)24-13-7-8-23-18(10-13)20(26)25-12-3-5-15(21)16(22)9-12/h3-11H,1-2H3,(H,23,24)(H,25,26). The first-order chi connectivity index (χ1) is 13.5. The highest BCUT2D eigenvalue weighted by Crippen LogP contribution is 2.31. The molecule has 144 valence electrons. The molecule has 2 N–H and O–H groups in total. The monoisotopic (exact) mass is 385 g/mol. The van der Waals surface area contributed by atoms with Gasteiger partial charge in [0.25, 0.3) is 5.91 Å². The van der Waals surface area contributed by atoms with Gasteiger partial charge in [0.15, 0.2) is 11.6 Å². The van der Waals surface area contributed by atoms with Crippen molar-refractivity contribution in [1.29, 1.82) is 0 Å². The summed E-state index contributed by atoms with van der Waals surface area (Å²) in [5, 5.41) is 5.62. The van der Waals surface area contributed by atoms with Gasteiger partial charge in [0.05, 0.1) is 19.9 Å². The number of rotatable bonds is 6. The first-order valence-corrected chi connectivity index (χ1v) is 8.21. The number of ether oxygens (including phenoxy) is 2. The van der Waals surface area contributed by atoms with E-state index in [1.54, 1.807) is 38.5 Å². The van der Waals surface area contributed by atoms with Crippen molar-refractivity contribution in [2.24, 2.45) is 0 Å². The Morgan fingerprint density at radius 1 is 0.929 bits per heavy atom. The molecule has 1 aromatic heterocycles. The molecule has 1 heterocycles. The van der Waals surface area contributed by atoms with E-state index in [1.165, 1.54) is 18.3 Å². The van der Waals surface area contributed by atoms with E-state index in [4.69, 9.17) is 9.47 Å². The lowest BCUT2D eigenvalue weighted by atomic mass is 10.2. The van der Waals surface area contributed by atoms with Gasteiger partial charge in [-0.15, -0.1) is 0 Å². The van der Waals surface area contributed by atoms with Crippen LogP contribution in [-0.4, -0.2) is 25.1 Å². The number of hydrogen-bond acceptors (Lipinski definition) is 5. The normalized spacial score (nSPS) is 10.3. The fourth-order valence-electron chi connectivity index (χ4n) is 2.47. The number of amides is 1. The van der Waals surface area contributed by atoms with Crippen molar-refractivity contribution in [3.63, 3.8) is 0 Å². The predicted octanol–water partition coefficient (Wildman–Crippen LogP) is 4.37. The lowest BCUT2D eigenvalue weighted by Gasteiger charge is -2.13. The zero-order valence-electron chi connectivity index (χ0n) is 15.1. The van der Waals surface area contributed by atoms with Crippen LogP contribution in [0.4, 0.5) is 25.8 Å². The van der Waals surface area contributed by atoms with Gasteiger partial charge < -0.3 is 20.1 Å². The SMILES string of the molecule is COc1ccc(OC)c(Nc2ccnc(C(=O)Nc3ccc(F)c(F)c3)c2)c1. The number of aromatic nitrogens is 1. The first kappa shape index (κ1) is 19.1. The minimum Gasteiger partial charge on any atom is -0.497 e. The second-order valence-corrected chi connectivity index (χ2v) is 5.70. The summed E-state index contributed by atoms with van der Waals surface area (Å²) in [7, 11) is 3.10. The van der Waals surface area contributed by atoms with Crippen LogP contribution in [0.3, 0.4) is 0 Å². The van der Waals surface area contributed by atoms with Crippen molar-refractivity contribution < 1.29 is 23.0 Å². The summed E-state index contributed by atoms with van der Waals surface area (Å²) in [6, 6.07) is 11.6. The van der Waals surface area contributed by atoms with E-state index in [1.807, 2.05) is 0 Å². The van der Waals surface area contributed by atoms with Crippen molar-refractivity contribution in [1.82, 2.24) is 4.98 Å². The topological polar surface area (TPSA) is 72.5 Å². The molecule has 0 bridgehead atoms. The number of nitrogens with zero attached hydrogens (tertiary/aromatic N) is 1. The van der Waals surface area contributed by atoms with Gasteiger partial charge in [0.2, 0.25) is 0 Å². The molecular formula is C20H17F2N3O3. The second kappa shape index (κ2) is 8.34. The zero-order valence-corrected chi connectivity index (χ0v) is 15.1. The summed E-state index contributed by atoms with van der Waals surface area (Å²) < 4.78 is 36.8. The summed E-state index contributed by atoms with van der Waals surface area (Å²) >= 11 is 0. The molecule has 0 saturated carbocycles. The molecule has 8 heteroatoms. The van der Waals surface area contributed by atoms with E-state index in [9.17, 15) is 13.6 Å². The van der Waals surface area contributed by atoms with Crippen molar-refractivity contribution in [3.05, 3.63) is 72.1 Å². The van der Waals surface area contributed by atoms with Crippen molar-refractivity contribution in [3.8, 4) is 11.5 Å². The highest BCUT2D eigenvalue weighted by Gasteiger charge is 2.12. The molecule has 6 nitrogen and oxygen atoms in total. The number of benzene rings is 2. The van der Waals surface area contributed by atoms with Crippen LogP contribution in [-0.2, 0) is 0 Å².